The summed E-state index contributed by atoms with van der Waals surface area (Å²) in [5, 5.41) is 9.13. The number of hydrazine groups is 1. The van der Waals surface area contributed by atoms with E-state index in [-0.39, 0.29) is 24.3 Å². The minimum Gasteiger partial charge on any atom is -0.395 e. The average Bonchev–Trinajstić information content (AvgIpc) is 2.45. The Bertz CT molecular complexity index is 365. The molecule has 0 radical (unpaired) electrons. The number of piperidine rings is 1. The minimum atomic E-state index is -0.140. The van der Waals surface area contributed by atoms with Gasteiger partial charge in [0.1, 0.15) is 0 Å². The first-order chi connectivity index (χ1) is 10.2. The number of amides is 2. The number of nitrogens with zero attached hydrogens (tertiary/aromatic N) is 2. The van der Waals surface area contributed by atoms with E-state index in [2.05, 4.69) is 10.3 Å². The fourth-order valence-electron chi connectivity index (χ4n) is 3.05. The number of rotatable bonds is 6. The number of hydrogen-bond acceptors (Lipinski definition) is 5. The van der Waals surface area contributed by atoms with Crippen LogP contribution in [0.4, 0.5) is 0 Å². The van der Waals surface area contributed by atoms with Gasteiger partial charge in [0.2, 0.25) is 11.8 Å². The number of hydrogen-bond donors (Lipinski definition) is 3. The highest BCUT2D eigenvalue weighted by Crippen LogP contribution is 2.25. The first-order valence-corrected chi connectivity index (χ1v) is 7.79. The molecule has 4 N–H and O–H groups in total. The molecule has 0 unspecified atom stereocenters. The highest BCUT2D eigenvalue weighted by Gasteiger charge is 2.30. The zero-order chi connectivity index (χ0) is 15.2. The summed E-state index contributed by atoms with van der Waals surface area (Å²) >= 11 is 0. The molecular formula is C14H26N4O3. The largest absolute Gasteiger partial charge is 0.395 e. The summed E-state index contributed by atoms with van der Waals surface area (Å²) in [5.74, 6) is 5.02. The lowest BCUT2D eigenvalue weighted by molar-refractivity contribution is -0.137. The molecule has 1 heterocycles. The molecule has 2 aliphatic rings. The molecule has 21 heavy (non-hydrogen) atoms. The van der Waals surface area contributed by atoms with Crippen LogP contribution < -0.4 is 11.3 Å². The smallest absolute Gasteiger partial charge is 0.237 e. The number of nitrogens with one attached hydrogen (secondary N) is 1. The van der Waals surface area contributed by atoms with Crippen LogP contribution in [-0.2, 0) is 9.59 Å². The standard InChI is InChI=1S/C14H26N4O3/c15-16-14(21)11-4-6-17(7-5-11)13(20)10-18(8-9-19)12-2-1-3-12/h11-12,19H,1-10,15H2,(H,16,21). The van der Waals surface area contributed by atoms with Crippen LogP contribution in [0.5, 0.6) is 0 Å². The number of aliphatic hydroxyl groups excluding tert-OH is 1. The Kier molecular flexibility index (Phi) is 5.96. The average molecular weight is 298 g/mol. The number of nitrogens with two attached hydrogens (primary N) is 1. The van der Waals surface area contributed by atoms with E-state index in [0.717, 1.165) is 12.8 Å². The van der Waals surface area contributed by atoms with Gasteiger partial charge in [0.05, 0.1) is 13.2 Å². The van der Waals surface area contributed by atoms with Crippen molar-refractivity contribution in [3.05, 3.63) is 0 Å². The fourth-order valence-corrected chi connectivity index (χ4v) is 3.05. The zero-order valence-corrected chi connectivity index (χ0v) is 12.5. The minimum absolute atomic E-state index is 0.0840. The maximum atomic E-state index is 12.4. The van der Waals surface area contributed by atoms with Crippen molar-refractivity contribution >= 4 is 11.8 Å². The van der Waals surface area contributed by atoms with Crippen molar-refractivity contribution in [3.63, 3.8) is 0 Å². The van der Waals surface area contributed by atoms with Gasteiger partial charge in [0.15, 0.2) is 0 Å². The van der Waals surface area contributed by atoms with Gasteiger partial charge >= 0.3 is 0 Å². The van der Waals surface area contributed by atoms with Crippen molar-refractivity contribution in [3.8, 4) is 0 Å². The second-order valence-corrected chi connectivity index (χ2v) is 5.94. The van der Waals surface area contributed by atoms with Crippen molar-refractivity contribution in [2.24, 2.45) is 11.8 Å². The maximum absolute atomic E-state index is 12.4. The monoisotopic (exact) mass is 298 g/mol. The highest BCUT2D eigenvalue weighted by atomic mass is 16.3. The van der Waals surface area contributed by atoms with Crippen LogP contribution in [0.1, 0.15) is 32.1 Å². The quantitative estimate of drug-likeness (QED) is 0.334. The van der Waals surface area contributed by atoms with Crippen molar-refractivity contribution in [2.75, 3.05) is 32.8 Å². The molecule has 0 spiro atoms. The van der Waals surface area contributed by atoms with E-state index in [1.54, 1.807) is 0 Å². The summed E-state index contributed by atoms with van der Waals surface area (Å²) in [6.07, 6.45) is 4.77. The van der Waals surface area contributed by atoms with Gasteiger partial charge in [-0.3, -0.25) is 19.9 Å². The van der Waals surface area contributed by atoms with Gasteiger partial charge in [-0.2, -0.15) is 0 Å². The molecule has 0 bridgehead atoms. The summed E-state index contributed by atoms with van der Waals surface area (Å²) in [6.45, 7) is 2.23. The van der Waals surface area contributed by atoms with E-state index >= 15 is 0 Å². The molecule has 1 aliphatic carbocycles. The molecule has 0 aromatic carbocycles. The van der Waals surface area contributed by atoms with Gasteiger partial charge < -0.3 is 10.0 Å². The molecule has 2 amide bonds. The number of aliphatic hydroxyl groups is 1. The maximum Gasteiger partial charge on any atom is 0.237 e. The molecule has 7 heteroatoms. The Labute approximate surface area is 125 Å². The van der Waals surface area contributed by atoms with Crippen LogP contribution in [0.2, 0.25) is 0 Å². The molecule has 0 aromatic heterocycles. The van der Waals surface area contributed by atoms with E-state index in [4.69, 9.17) is 10.9 Å². The van der Waals surface area contributed by atoms with Crippen molar-refractivity contribution in [2.45, 2.75) is 38.1 Å². The Morgan fingerprint density at radius 3 is 2.38 bits per heavy atom. The lowest BCUT2D eigenvalue weighted by Crippen LogP contribution is -2.50. The molecule has 1 aliphatic heterocycles. The van der Waals surface area contributed by atoms with E-state index in [1.807, 2.05) is 4.90 Å². The van der Waals surface area contributed by atoms with E-state index < -0.39 is 0 Å². The first kappa shape index (κ1) is 16.2. The summed E-state index contributed by atoms with van der Waals surface area (Å²) in [6, 6.07) is 0.446. The van der Waals surface area contributed by atoms with Gasteiger partial charge in [0.25, 0.3) is 0 Å². The Morgan fingerprint density at radius 1 is 1.24 bits per heavy atom. The Hall–Kier alpha value is -1.18. The molecule has 1 saturated carbocycles. The van der Waals surface area contributed by atoms with Crippen molar-refractivity contribution < 1.29 is 14.7 Å². The van der Waals surface area contributed by atoms with Gasteiger partial charge in [-0.25, -0.2) is 5.84 Å². The number of carbonyl (C=O) groups excluding carboxylic acids is 2. The lowest BCUT2D eigenvalue weighted by Gasteiger charge is -2.38. The lowest BCUT2D eigenvalue weighted by atomic mass is 9.91. The predicted octanol–water partition coefficient (Wildman–Crippen LogP) is -0.938. The van der Waals surface area contributed by atoms with Gasteiger partial charge in [0, 0.05) is 31.6 Å². The van der Waals surface area contributed by atoms with E-state index in [0.29, 0.717) is 45.1 Å². The molecule has 2 fully saturated rings. The normalized spacial score (nSPS) is 20.4. The summed E-state index contributed by atoms with van der Waals surface area (Å²) < 4.78 is 0. The first-order valence-electron chi connectivity index (χ1n) is 7.79. The third-order valence-corrected chi connectivity index (χ3v) is 4.68. The van der Waals surface area contributed by atoms with Crippen LogP contribution in [0, 0.1) is 5.92 Å². The Morgan fingerprint density at radius 2 is 1.90 bits per heavy atom. The molecule has 0 atom stereocenters. The highest BCUT2D eigenvalue weighted by molar-refractivity contribution is 5.80. The fraction of sp³-hybridized carbons (Fsp3) is 0.857. The Balaban J connectivity index is 1.79. The third kappa shape index (κ3) is 4.15. The molecule has 2 rings (SSSR count). The molecule has 120 valence electrons. The van der Waals surface area contributed by atoms with Crippen LogP contribution in [0.25, 0.3) is 0 Å². The van der Waals surface area contributed by atoms with Crippen LogP contribution in [-0.4, -0.2) is 65.5 Å². The predicted molar refractivity (Wildman–Crippen MR) is 77.9 cm³/mol. The van der Waals surface area contributed by atoms with Crippen LogP contribution in [0.3, 0.4) is 0 Å². The van der Waals surface area contributed by atoms with E-state index in [1.165, 1.54) is 6.42 Å². The summed E-state index contributed by atoms with van der Waals surface area (Å²) in [5.41, 5.74) is 2.18. The molecule has 0 aromatic rings. The number of likely N-dealkylation sites (tertiary alicyclic amines) is 1. The van der Waals surface area contributed by atoms with E-state index in [9.17, 15) is 9.59 Å². The second-order valence-electron chi connectivity index (χ2n) is 5.94. The van der Waals surface area contributed by atoms with Crippen LogP contribution >= 0.6 is 0 Å². The zero-order valence-electron chi connectivity index (χ0n) is 12.5. The van der Waals surface area contributed by atoms with Crippen molar-refractivity contribution in [1.82, 2.24) is 15.2 Å². The molecule has 7 nitrogen and oxygen atoms in total. The topological polar surface area (TPSA) is 98.9 Å². The SMILES string of the molecule is NNC(=O)C1CCN(C(=O)CN(CCO)C2CCC2)CC1. The molecule has 1 saturated heterocycles. The second kappa shape index (κ2) is 7.72. The van der Waals surface area contributed by atoms with Gasteiger partial charge in [-0.15, -0.1) is 0 Å². The summed E-state index contributed by atoms with van der Waals surface area (Å²) in [7, 11) is 0. The van der Waals surface area contributed by atoms with Gasteiger partial charge in [-0.05, 0) is 25.7 Å². The van der Waals surface area contributed by atoms with Crippen LogP contribution in [0.15, 0.2) is 0 Å². The van der Waals surface area contributed by atoms with Gasteiger partial charge in [-0.1, -0.05) is 6.42 Å². The third-order valence-electron chi connectivity index (χ3n) is 4.68. The number of carbonyl (C=O) groups is 2. The molecular weight excluding hydrogens is 272 g/mol. The summed E-state index contributed by atoms with van der Waals surface area (Å²) in [4.78, 5) is 27.7. The van der Waals surface area contributed by atoms with Crippen molar-refractivity contribution in [1.29, 1.82) is 0 Å².